The molecule has 0 spiro atoms. The third kappa shape index (κ3) is 3.71. The summed E-state index contributed by atoms with van der Waals surface area (Å²) in [4.78, 5) is 12.0. The second kappa shape index (κ2) is 5.71. The van der Waals surface area contributed by atoms with Crippen LogP contribution in [0.1, 0.15) is 35.9 Å². The molecule has 21 heavy (non-hydrogen) atoms. The van der Waals surface area contributed by atoms with Crippen LogP contribution >= 0.6 is 0 Å². The molecule has 2 aromatic rings. The highest BCUT2D eigenvalue weighted by Crippen LogP contribution is 2.20. The number of nitrogens with one attached hydrogen (secondary N) is 1. The smallest absolute Gasteiger partial charge is 0.291 e. The first-order valence-electron chi connectivity index (χ1n) is 6.31. The van der Waals surface area contributed by atoms with Gasteiger partial charge in [0.05, 0.1) is 0 Å². The van der Waals surface area contributed by atoms with Gasteiger partial charge in [-0.3, -0.25) is 4.79 Å². The highest BCUT2D eigenvalue weighted by molar-refractivity contribution is 7.89. The van der Waals surface area contributed by atoms with Crippen molar-refractivity contribution in [1.82, 2.24) is 0 Å². The van der Waals surface area contributed by atoms with Crippen LogP contribution < -0.4 is 10.5 Å². The van der Waals surface area contributed by atoms with Crippen molar-refractivity contribution in [1.29, 1.82) is 0 Å². The lowest BCUT2D eigenvalue weighted by atomic mass is 10.0. The summed E-state index contributed by atoms with van der Waals surface area (Å²) in [6.45, 7) is 4.09. The number of anilines is 1. The van der Waals surface area contributed by atoms with E-state index in [0.29, 0.717) is 11.6 Å². The number of furan rings is 1. The van der Waals surface area contributed by atoms with Gasteiger partial charge in [0.1, 0.15) is 0 Å². The lowest BCUT2D eigenvalue weighted by molar-refractivity contribution is 0.0991. The second-order valence-electron chi connectivity index (χ2n) is 4.90. The average molecular weight is 308 g/mol. The Balaban J connectivity index is 2.18. The number of carbonyl (C=O) groups excluding carboxylic acids is 1. The molecule has 112 valence electrons. The third-order valence-electron chi connectivity index (χ3n) is 2.90. The minimum absolute atomic E-state index is 0.117. The van der Waals surface area contributed by atoms with Gasteiger partial charge in [0.25, 0.3) is 15.9 Å². The van der Waals surface area contributed by atoms with Crippen LogP contribution in [0.3, 0.4) is 0 Å². The molecule has 0 saturated carbocycles. The summed E-state index contributed by atoms with van der Waals surface area (Å²) in [5.41, 5.74) is 1.69. The first kappa shape index (κ1) is 15.3. The Morgan fingerprint density at radius 1 is 1.24 bits per heavy atom. The standard InChI is InChI=1S/C14H16N2O4S/c1-9(2)10-4-3-5-11(8-10)16-14(17)12-6-7-13(20-12)21(15,18)19/h3-9H,1-2H3,(H,16,17)(H2,15,18,19). The van der Waals surface area contributed by atoms with Crippen LogP contribution in [0.5, 0.6) is 0 Å². The number of primary sulfonamides is 1. The largest absolute Gasteiger partial charge is 0.438 e. The molecular weight excluding hydrogens is 292 g/mol. The molecule has 0 bridgehead atoms. The predicted octanol–water partition coefficient (Wildman–Crippen LogP) is 2.30. The number of nitrogens with two attached hydrogens (primary N) is 1. The van der Waals surface area contributed by atoms with E-state index in [9.17, 15) is 13.2 Å². The molecule has 1 amide bonds. The lowest BCUT2D eigenvalue weighted by Gasteiger charge is -2.08. The Morgan fingerprint density at radius 2 is 1.95 bits per heavy atom. The van der Waals surface area contributed by atoms with E-state index in [-0.39, 0.29) is 5.76 Å². The second-order valence-corrected chi connectivity index (χ2v) is 6.39. The van der Waals surface area contributed by atoms with Gasteiger partial charge in [0.2, 0.25) is 5.09 Å². The molecule has 0 atom stereocenters. The minimum Gasteiger partial charge on any atom is -0.438 e. The molecule has 2 rings (SSSR count). The van der Waals surface area contributed by atoms with Crippen LogP contribution in [0.2, 0.25) is 0 Å². The zero-order valence-corrected chi connectivity index (χ0v) is 12.5. The Morgan fingerprint density at radius 3 is 2.52 bits per heavy atom. The first-order valence-corrected chi connectivity index (χ1v) is 7.86. The van der Waals surface area contributed by atoms with E-state index in [2.05, 4.69) is 5.32 Å². The summed E-state index contributed by atoms with van der Waals surface area (Å²) in [6.07, 6.45) is 0. The van der Waals surface area contributed by atoms with Gasteiger partial charge in [-0.1, -0.05) is 26.0 Å². The SMILES string of the molecule is CC(C)c1cccc(NC(=O)c2ccc(S(N)(=O)=O)o2)c1. The normalized spacial score (nSPS) is 11.6. The fourth-order valence-corrected chi connectivity index (χ4v) is 2.23. The number of sulfonamides is 1. The maximum absolute atomic E-state index is 12.0. The summed E-state index contributed by atoms with van der Waals surface area (Å²) in [5.74, 6) is -0.320. The van der Waals surface area contributed by atoms with Crippen LogP contribution in [0.15, 0.2) is 45.9 Å². The van der Waals surface area contributed by atoms with Gasteiger partial charge in [-0.15, -0.1) is 0 Å². The number of amides is 1. The van der Waals surface area contributed by atoms with E-state index in [0.717, 1.165) is 11.6 Å². The van der Waals surface area contributed by atoms with Gasteiger partial charge >= 0.3 is 0 Å². The fraction of sp³-hybridized carbons (Fsp3) is 0.214. The Labute approximate surface area is 123 Å². The van der Waals surface area contributed by atoms with Crippen LogP contribution in [0, 0.1) is 0 Å². The van der Waals surface area contributed by atoms with Crippen molar-refractivity contribution < 1.29 is 17.6 Å². The maximum Gasteiger partial charge on any atom is 0.291 e. The zero-order valence-electron chi connectivity index (χ0n) is 11.7. The van der Waals surface area contributed by atoms with Crippen LogP contribution in [-0.4, -0.2) is 14.3 Å². The molecule has 0 fully saturated rings. The van der Waals surface area contributed by atoms with E-state index in [1.807, 2.05) is 32.0 Å². The van der Waals surface area contributed by atoms with Crippen molar-refractivity contribution in [2.45, 2.75) is 24.9 Å². The number of benzene rings is 1. The highest BCUT2D eigenvalue weighted by atomic mass is 32.2. The zero-order chi connectivity index (χ0) is 15.6. The van der Waals surface area contributed by atoms with Crippen LogP contribution in [0.25, 0.3) is 0 Å². The van der Waals surface area contributed by atoms with Crippen LogP contribution in [0.4, 0.5) is 5.69 Å². The lowest BCUT2D eigenvalue weighted by Crippen LogP contribution is -2.12. The number of carbonyl (C=O) groups is 1. The van der Waals surface area contributed by atoms with Gasteiger partial charge in [-0.2, -0.15) is 0 Å². The molecule has 0 unspecified atom stereocenters. The van der Waals surface area contributed by atoms with Gasteiger partial charge in [0, 0.05) is 5.69 Å². The number of hydrogen-bond acceptors (Lipinski definition) is 4. The minimum atomic E-state index is -3.95. The number of rotatable bonds is 4. The monoisotopic (exact) mass is 308 g/mol. The molecule has 6 nitrogen and oxygen atoms in total. The Bertz CT molecular complexity index is 763. The molecule has 0 radical (unpaired) electrons. The molecule has 0 aliphatic rings. The molecule has 1 aromatic heterocycles. The van der Waals surface area contributed by atoms with Gasteiger partial charge in [-0.05, 0) is 35.7 Å². The molecule has 1 heterocycles. The van der Waals surface area contributed by atoms with E-state index in [1.165, 1.54) is 6.07 Å². The average Bonchev–Trinajstić information content (AvgIpc) is 2.88. The summed E-state index contributed by atoms with van der Waals surface area (Å²) in [6, 6.07) is 9.81. The van der Waals surface area contributed by atoms with Crippen molar-refractivity contribution in [2.75, 3.05) is 5.32 Å². The summed E-state index contributed by atoms with van der Waals surface area (Å²) < 4.78 is 27.1. The molecule has 1 aromatic carbocycles. The van der Waals surface area contributed by atoms with Crippen LogP contribution in [-0.2, 0) is 10.0 Å². The fourth-order valence-electron chi connectivity index (χ4n) is 1.76. The summed E-state index contributed by atoms with van der Waals surface area (Å²) in [5, 5.41) is 7.13. The van der Waals surface area contributed by atoms with E-state index >= 15 is 0 Å². The van der Waals surface area contributed by atoms with E-state index in [4.69, 9.17) is 9.56 Å². The Hall–Kier alpha value is -2.12. The third-order valence-corrected chi connectivity index (χ3v) is 3.68. The first-order chi connectivity index (χ1) is 9.77. The van der Waals surface area contributed by atoms with Crippen molar-refractivity contribution in [3.8, 4) is 0 Å². The quantitative estimate of drug-likeness (QED) is 0.904. The summed E-state index contributed by atoms with van der Waals surface area (Å²) >= 11 is 0. The van der Waals surface area contributed by atoms with Gasteiger partial charge < -0.3 is 9.73 Å². The Kier molecular flexibility index (Phi) is 4.15. The molecule has 7 heteroatoms. The van der Waals surface area contributed by atoms with Crippen molar-refractivity contribution >= 4 is 21.6 Å². The molecule has 0 aliphatic carbocycles. The van der Waals surface area contributed by atoms with E-state index in [1.54, 1.807) is 6.07 Å². The van der Waals surface area contributed by atoms with Crippen molar-refractivity contribution in [3.63, 3.8) is 0 Å². The molecular formula is C14H16N2O4S. The predicted molar refractivity (Wildman–Crippen MR) is 78.6 cm³/mol. The van der Waals surface area contributed by atoms with Gasteiger partial charge in [-0.25, -0.2) is 13.6 Å². The molecule has 0 saturated heterocycles. The highest BCUT2D eigenvalue weighted by Gasteiger charge is 2.17. The van der Waals surface area contributed by atoms with E-state index < -0.39 is 21.0 Å². The summed E-state index contributed by atoms with van der Waals surface area (Å²) in [7, 11) is -3.95. The molecule has 0 aliphatic heterocycles. The number of hydrogen-bond donors (Lipinski definition) is 2. The maximum atomic E-state index is 12.0. The molecule has 3 N–H and O–H groups in total. The van der Waals surface area contributed by atoms with Crippen molar-refractivity contribution in [2.24, 2.45) is 5.14 Å². The van der Waals surface area contributed by atoms with Gasteiger partial charge in [0.15, 0.2) is 5.76 Å². The topological polar surface area (TPSA) is 102 Å². The van der Waals surface area contributed by atoms with Crippen molar-refractivity contribution in [3.05, 3.63) is 47.7 Å².